The van der Waals surface area contributed by atoms with Crippen molar-refractivity contribution in [1.29, 1.82) is 0 Å². The minimum absolute atomic E-state index is 0.183. The maximum atomic E-state index is 13.2. The highest BCUT2D eigenvalue weighted by Crippen LogP contribution is 2.31. The SMILES string of the molecule is CCN1N=C(c2ccc(F)cc2)c2cc(Cl)c(Cl)cc2CS1(=O)=O. The van der Waals surface area contributed by atoms with Gasteiger partial charge < -0.3 is 0 Å². The molecule has 1 aliphatic rings. The summed E-state index contributed by atoms with van der Waals surface area (Å²) >= 11 is 12.2. The van der Waals surface area contributed by atoms with Crippen molar-refractivity contribution in [3.05, 3.63) is 69.0 Å². The third-order valence-corrected chi connectivity index (χ3v) is 6.04. The number of halogens is 3. The molecule has 0 amide bonds. The third-order valence-electron chi connectivity index (χ3n) is 3.66. The number of nitrogens with zero attached hydrogens (tertiary/aromatic N) is 2. The van der Waals surface area contributed by atoms with Gasteiger partial charge in [-0.3, -0.25) is 0 Å². The zero-order valence-electron chi connectivity index (χ0n) is 12.6. The zero-order chi connectivity index (χ0) is 17.5. The Labute approximate surface area is 149 Å². The second-order valence-corrected chi connectivity index (χ2v) is 7.96. The van der Waals surface area contributed by atoms with E-state index in [2.05, 4.69) is 5.10 Å². The lowest BCUT2D eigenvalue weighted by Gasteiger charge is -2.15. The molecule has 0 bridgehead atoms. The van der Waals surface area contributed by atoms with Crippen LogP contribution in [-0.4, -0.2) is 25.1 Å². The molecule has 0 spiro atoms. The Morgan fingerprint density at radius 2 is 1.79 bits per heavy atom. The van der Waals surface area contributed by atoms with E-state index in [1.54, 1.807) is 25.1 Å². The van der Waals surface area contributed by atoms with Gasteiger partial charge in [-0.05, 0) is 48.9 Å². The molecule has 0 saturated carbocycles. The van der Waals surface area contributed by atoms with Crippen LogP contribution in [0.2, 0.25) is 10.0 Å². The minimum atomic E-state index is -3.63. The average molecular weight is 387 g/mol. The highest BCUT2D eigenvalue weighted by molar-refractivity contribution is 7.88. The van der Waals surface area contributed by atoms with Crippen LogP contribution in [0.5, 0.6) is 0 Å². The summed E-state index contributed by atoms with van der Waals surface area (Å²) in [5, 5.41) is 4.87. The van der Waals surface area contributed by atoms with Crippen molar-refractivity contribution in [1.82, 2.24) is 4.41 Å². The van der Waals surface area contributed by atoms with Crippen LogP contribution in [0.1, 0.15) is 23.6 Å². The molecule has 0 aromatic heterocycles. The molecule has 4 nitrogen and oxygen atoms in total. The molecule has 0 unspecified atom stereocenters. The van der Waals surface area contributed by atoms with Gasteiger partial charge in [-0.15, -0.1) is 0 Å². The van der Waals surface area contributed by atoms with Gasteiger partial charge in [0.1, 0.15) is 5.82 Å². The molecule has 0 saturated heterocycles. The average Bonchev–Trinajstić information content (AvgIpc) is 2.62. The van der Waals surface area contributed by atoms with Gasteiger partial charge in [-0.1, -0.05) is 23.2 Å². The van der Waals surface area contributed by atoms with Gasteiger partial charge in [0, 0.05) is 11.1 Å². The van der Waals surface area contributed by atoms with E-state index in [4.69, 9.17) is 23.2 Å². The van der Waals surface area contributed by atoms with Crippen molar-refractivity contribution in [3.63, 3.8) is 0 Å². The first kappa shape index (κ1) is 17.2. The van der Waals surface area contributed by atoms with Crippen LogP contribution in [-0.2, 0) is 15.8 Å². The molecular weight excluding hydrogens is 374 g/mol. The van der Waals surface area contributed by atoms with E-state index in [9.17, 15) is 12.8 Å². The number of hydrogen-bond donors (Lipinski definition) is 0. The van der Waals surface area contributed by atoms with Crippen molar-refractivity contribution in [2.45, 2.75) is 12.7 Å². The standard InChI is InChI=1S/C16H13Cl2FN2O2S/c1-2-21-20-16(10-3-5-12(19)6-4-10)13-8-15(18)14(17)7-11(13)9-24(21,22)23/h3-8H,2,9H2,1H3. The Kier molecular flexibility index (Phi) is 4.55. The quantitative estimate of drug-likeness (QED) is 0.781. The lowest BCUT2D eigenvalue weighted by Crippen LogP contribution is -2.26. The molecule has 126 valence electrons. The van der Waals surface area contributed by atoms with Crippen molar-refractivity contribution < 1.29 is 12.8 Å². The fourth-order valence-electron chi connectivity index (χ4n) is 2.51. The summed E-state index contributed by atoms with van der Waals surface area (Å²) in [7, 11) is -3.63. The second-order valence-electron chi connectivity index (χ2n) is 5.27. The molecule has 0 atom stereocenters. The molecule has 0 aliphatic carbocycles. The highest BCUT2D eigenvalue weighted by Gasteiger charge is 2.28. The fraction of sp³-hybridized carbons (Fsp3) is 0.188. The molecule has 0 radical (unpaired) electrons. The Hall–Kier alpha value is -1.63. The van der Waals surface area contributed by atoms with E-state index in [0.717, 1.165) is 4.41 Å². The first-order valence-corrected chi connectivity index (χ1v) is 9.51. The summed E-state index contributed by atoms with van der Waals surface area (Å²) in [5.74, 6) is -0.622. The Bertz CT molecular complexity index is 928. The predicted molar refractivity (Wildman–Crippen MR) is 93.5 cm³/mol. The van der Waals surface area contributed by atoms with Crippen molar-refractivity contribution in [2.75, 3.05) is 6.54 Å². The number of rotatable bonds is 2. The summed E-state index contributed by atoms with van der Waals surface area (Å²) < 4.78 is 39.3. The number of fused-ring (bicyclic) bond motifs is 1. The van der Waals surface area contributed by atoms with Crippen molar-refractivity contribution in [2.24, 2.45) is 5.10 Å². The van der Waals surface area contributed by atoms with E-state index >= 15 is 0 Å². The lowest BCUT2D eigenvalue weighted by molar-refractivity contribution is 0.449. The highest BCUT2D eigenvalue weighted by atomic mass is 35.5. The molecule has 24 heavy (non-hydrogen) atoms. The predicted octanol–water partition coefficient (Wildman–Crippen LogP) is 4.05. The monoisotopic (exact) mass is 386 g/mol. The van der Waals surface area contributed by atoms with Crippen LogP contribution in [0.3, 0.4) is 0 Å². The Morgan fingerprint density at radius 1 is 1.17 bits per heavy atom. The van der Waals surface area contributed by atoms with Gasteiger partial charge in [-0.25, -0.2) is 12.8 Å². The fourth-order valence-corrected chi connectivity index (χ4v) is 4.25. The van der Waals surface area contributed by atoms with Crippen molar-refractivity contribution >= 4 is 38.9 Å². The van der Waals surface area contributed by atoms with Crippen LogP contribution in [0.25, 0.3) is 0 Å². The van der Waals surface area contributed by atoms with Crippen LogP contribution < -0.4 is 0 Å². The van der Waals surface area contributed by atoms with Gasteiger partial charge in [0.15, 0.2) is 0 Å². The largest absolute Gasteiger partial charge is 0.254 e. The first-order chi connectivity index (χ1) is 11.3. The smallest absolute Gasteiger partial charge is 0.207 e. The Morgan fingerprint density at radius 3 is 2.42 bits per heavy atom. The van der Waals surface area contributed by atoms with Crippen LogP contribution in [0, 0.1) is 5.82 Å². The van der Waals surface area contributed by atoms with Crippen LogP contribution in [0.15, 0.2) is 41.5 Å². The summed E-state index contributed by atoms with van der Waals surface area (Å²) in [6.07, 6.45) is 0. The van der Waals surface area contributed by atoms with E-state index in [0.29, 0.717) is 27.4 Å². The number of hydrogen-bond acceptors (Lipinski definition) is 3. The molecule has 3 rings (SSSR count). The van der Waals surface area contributed by atoms with Gasteiger partial charge >= 0.3 is 0 Å². The summed E-state index contributed by atoms with van der Waals surface area (Å²) in [5.41, 5.74) is 2.07. The second kappa shape index (κ2) is 6.35. The molecule has 8 heteroatoms. The molecule has 2 aromatic carbocycles. The minimum Gasteiger partial charge on any atom is -0.207 e. The lowest BCUT2D eigenvalue weighted by atomic mass is 9.98. The van der Waals surface area contributed by atoms with Crippen molar-refractivity contribution in [3.8, 4) is 0 Å². The van der Waals surface area contributed by atoms with Gasteiger partial charge in [0.2, 0.25) is 0 Å². The summed E-state index contributed by atoms with van der Waals surface area (Å²) in [6.45, 7) is 1.88. The molecule has 1 heterocycles. The summed E-state index contributed by atoms with van der Waals surface area (Å²) in [6, 6.07) is 8.82. The molecule has 0 N–H and O–H groups in total. The van der Waals surface area contributed by atoms with E-state index < -0.39 is 10.0 Å². The van der Waals surface area contributed by atoms with Gasteiger partial charge in [-0.2, -0.15) is 9.52 Å². The van der Waals surface area contributed by atoms with Crippen LogP contribution >= 0.6 is 23.2 Å². The first-order valence-electron chi connectivity index (χ1n) is 7.15. The normalized spacial score (nSPS) is 16.3. The van der Waals surface area contributed by atoms with E-state index in [1.807, 2.05) is 0 Å². The molecule has 1 aliphatic heterocycles. The maximum Gasteiger partial charge on any atom is 0.254 e. The van der Waals surface area contributed by atoms with Crippen LogP contribution in [0.4, 0.5) is 4.39 Å². The Balaban J connectivity index is 2.30. The van der Waals surface area contributed by atoms with E-state index in [1.165, 1.54) is 18.2 Å². The molecule has 0 fully saturated rings. The maximum absolute atomic E-state index is 13.2. The molecular formula is C16H13Cl2FN2O2S. The summed E-state index contributed by atoms with van der Waals surface area (Å²) in [4.78, 5) is 0. The number of sulfonamides is 1. The topological polar surface area (TPSA) is 49.7 Å². The van der Waals surface area contributed by atoms with Gasteiger partial charge in [0.25, 0.3) is 10.0 Å². The number of benzene rings is 2. The molecule has 2 aromatic rings. The van der Waals surface area contributed by atoms with E-state index in [-0.39, 0.29) is 23.1 Å². The third kappa shape index (κ3) is 3.14. The van der Waals surface area contributed by atoms with Gasteiger partial charge in [0.05, 0.1) is 28.1 Å². The zero-order valence-corrected chi connectivity index (χ0v) is 15.0. The number of hydrazone groups is 1.